The van der Waals surface area contributed by atoms with Gasteiger partial charge in [-0.3, -0.25) is 9.59 Å². The Morgan fingerprint density at radius 3 is 2.18 bits per heavy atom. The van der Waals surface area contributed by atoms with E-state index < -0.39 is 11.9 Å². The molecule has 1 saturated heterocycles. The van der Waals surface area contributed by atoms with Gasteiger partial charge in [0, 0.05) is 37.3 Å². The normalized spacial score (nSPS) is 21.5. The van der Waals surface area contributed by atoms with Crippen molar-refractivity contribution in [3.63, 3.8) is 0 Å². The zero-order valence-electron chi connectivity index (χ0n) is 15.1. The molecule has 1 aliphatic carbocycles. The van der Waals surface area contributed by atoms with Crippen molar-refractivity contribution in [3.05, 3.63) is 58.9 Å². The molecule has 0 aromatic heterocycles. The Labute approximate surface area is 167 Å². The molecule has 0 radical (unpaired) electrons. The lowest BCUT2D eigenvalue weighted by atomic mass is 10.0. The van der Waals surface area contributed by atoms with Crippen LogP contribution < -0.4 is 0 Å². The Hall–Kier alpha value is -2.44. The summed E-state index contributed by atoms with van der Waals surface area (Å²) in [5, 5.41) is 9.73. The predicted octanol–water partition coefficient (Wildman–Crippen LogP) is 2.81. The van der Waals surface area contributed by atoms with Gasteiger partial charge in [-0.2, -0.15) is 0 Å². The molecule has 28 heavy (non-hydrogen) atoms. The van der Waals surface area contributed by atoms with E-state index in [9.17, 15) is 19.1 Å². The molecule has 0 spiro atoms. The minimum Gasteiger partial charge on any atom is -0.392 e. The molecule has 2 amide bonds. The minimum atomic E-state index is -0.500. The molecular weight excluding hydrogens is 383 g/mol. The molecule has 2 unspecified atom stereocenters. The van der Waals surface area contributed by atoms with Crippen molar-refractivity contribution in [2.75, 3.05) is 26.2 Å². The van der Waals surface area contributed by atoms with Crippen LogP contribution in [0.25, 0.3) is 11.1 Å². The summed E-state index contributed by atoms with van der Waals surface area (Å²) in [6, 6.07) is 11.3. The molecule has 5 nitrogen and oxygen atoms in total. The highest BCUT2D eigenvalue weighted by atomic mass is 35.5. The van der Waals surface area contributed by atoms with Crippen LogP contribution in [0.2, 0.25) is 5.02 Å². The van der Waals surface area contributed by atoms with E-state index in [1.54, 1.807) is 40.1 Å². The Morgan fingerprint density at radius 2 is 1.61 bits per heavy atom. The van der Waals surface area contributed by atoms with Crippen LogP contribution in [0.4, 0.5) is 4.39 Å². The van der Waals surface area contributed by atoms with E-state index in [1.807, 2.05) is 0 Å². The summed E-state index contributed by atoms with van der Waals surface area (Å²) in [4.78, 5) is 28.4. The van der Waals surface area contributed by atoms with Crippen molar-refractivity contribution in [3.8, 4) is 11.1 Å². The molecule has 2 aromatic rings. The molecule has 2 atom stereocenters. The Bertz CT molecular complexity index is 910. The van der Waals surface area contributed by atoms with Crippen LogP contribution in [0.15, 0.2) is 42.5 Å². The number of aliphatic hydroxyl groups excluding tert-OH is 1. The number of halogens is 2. The Kier molecular flexibility index (Phi) is 5.08. The lowest BCUT2D eigenvalue weighted by Crippen LogP contribution is -2.51. The molecular formula is C21H20ClFN2O3. The molecule has 7 heteroatoms. The number of hydrogen-bond donors (Lipinski definition) is 1. The molecule has 1 heterocycles. The van der Waals surface area contributed by atoms with Gasteiger partial charge in [0.15, 0.2) is 0 Å². The van der Waals surface area contributed by atoms with Gasteiger partial charge in [0.25, 0.3) is 5.91 Å². The highest BCUT2D eigenvalue weighted by molar-refractivity contribution is 6.33. The first-order chi connectivity index (χ1) is 13.4. The van der Waals surface area contributed by atoms with Gasteiger partial charge < -0.3 is 14.9 Å². The monoisotopic (exact) mass is 402 g/mol. The lowest BCUT2D eigenvalue weighted by molar-refractivity contribution is -0.134. The molecule has 4 rings (SSSR count). The first-order valence-electron chi connectivity index (χ1n) is 9.25. The summed E-state index contributed by atoms with van der Waals surface area (Å²) in [5.41, 5.74) is 2.07. The first kappa shape index (κ1) is 18.9. The number of aliphatic hydroxyl groups is 1. The second-order valence-corrected chi connectivity index (χ2v) is 7.64. The summed E-state index contributed by atoms with van der Waals surface area (Å²) in [6.07, 6.45) is 0.0443. The van der Waals surface area contributed by atoms with Crippen molar-refractivity contribution in [2.45, 2.75) is 12.5 Å². The molecule has 0 bridgehead atoms. The third kappa shape index (κ3) is 3.75. The van der Waals surface area contributed by atoms with Crippen LogP contribution in [0, 0.1) is 11.7 Å². The van der Waals surface area contributed by atoms with Crippen LogP contribution in [0.3, 0.4) is 0 Å². The highest BCUT2D eigenvalue weighted by Crippen LogP contribution is 2.32. The van der Waals surface area contributed by atoms with E-state index in [-0.39, 0.29) is 17.7 Å². The topological polar surface area (TPSA) is 60.9 Å². The van der Waals surface area contributed by atoms with Crippen LogP contribution in [-0.4, -0.2) is 59.0 Å². The smallest absolute Gasteiger partial charge is 0.253 e. The number of amides is 2. The van der Waals surface area contributed by atoms with Crippen LogP contribution in [0.5, 0.6) is 0 Å². The number of rotatable bonds is 3. The van der Waals surface area contributed by atoms with E-state index >= 15 is 0 Å². The zero-order chi connectivity index (χ0) is 19.8. The van der Waals surface area contributed by atoms with Crippen molar-refractivity contribution in [1.29, 1.82) is 0 Å². The van der Waals surface area contributed by atoms with Crippen molar-refractivity contribution >= 4 is 23.4 Å². The predicted molar refractivity (Wildman–Crippen MR) is 103 cm³/mol. The standard InChI is InChI=1S/C21H20ClFN2O3/c22-18-11-15(23)5-6-16(18)13-1-3-14(4-2-13)20(27)24-7-9-25(10-8-24)21(28)17-12-19(17)26/h1-6,11,17,19,26H,7-10,12H2. The van der Waals surface area contributed by atoms with E-state index in [0.29, 0.717) is 48.7 Å². The second kappa shape index (κ2) is 7.53. The van der Waals surface area contributed by atoms with Crippen LogP contribution >= 0.6 is 11.6 Å². The SMILES string of the molecule is O=C(c1ccc(-c2ccc(F)cc2Cl)cc1)N1CCN(C(=O)C2CC2O)CC1. The Balaban J connectivity index is 1.39. The van der Waals surface area contributed by atoms with Gasteiger partial charge >= 0.3 is 0 Å². The van der Waals surface area contributed by atoms with Crippen molar-refractivity contribution in [1.82, 2.24) is 9.80 Å². The van der Waals surface area contributed by atoms with Gasteiger partial charge in [0.05, 0.1) is 17.0 Å². The third-order valence-corrected chi connectivity index (χ3v) is 5.64. The van der Waals surface area contributed by atoms with Crippen molar-refractivity contribution < 1.29 is 19.1 Å². The molecule has 1 aliphatic heterocycles. The molecule has 146 valence electrons. The summed E-state index contributed by atoms with van der Waals surface area (Å²) < 4.78 is 13.2. The summed E-state index contributed by atoms with van der Waals surface area (Å²) in [7, 11) is 0. The lowest BCUT2D eigenvalue weighted by Gasteiger charge is -2.35. The van der Waals surface area contributed by atoms with Gasteiger partial charge in [0.1, 0.15) is 5.82 Å². The van der Waals surface area contributed by atoms with E-state index in [0.717, 1.165) is 5.56 Å². The number of carbonyl (C=O) groups is 2. The molecule has 1 saturated carbocycles. The summed E-state index contributed by atoms with van der Waals surface area (Å²) in [6.45, 7) is 1.91. The average Bonchev–Trinajstić information content (AvgIpc) is 3.44. The number of carbonyl (C=O) groups excluding carboxylic acids is 2. The number of piperazine rings is 1. The maximum absolute atomic E-state index is 13.2. The quantitative estimate of drug-likeness (QED) is 0.858. The van der Waals surface area contributed by atoms with Gasteiger partial charge in [0.2, 0.25) is 5.91 Å². The highest BCUT2D eigenvalue weighted by Gasteiger charge is 2.44. The van der Waals surface area contributed by atoms with Crippen LogP contribution in [-0.2, 0) is 4.79 Å². The van der Waals surface area contributed by atoms with E-state index in [4.69, 9.17) is 11.6 Å². The molecule has 2 aliphatic rings. The molecule has 2 fully saturated rings. The number of hydrogen-bond acceptors (Lipinski definition) is 3. The minimum absolute atomic E-state index is 0.0138. The van der Waals surface area contributed by atoms with Gasteiger partial charge in [-0.05, 0) is 42.3 Å². The number of benzene rings is 2. The number of nitrogens with zero attached hydrogens (tertiary/aromatic N) is 2. The maximum Gasteiger partial charge on any atom is 0.253 e. The fraction of sp³-hybridized carbons (Fsp3) is 0.333. The van der Waals surface area contributed by atoms with Gasteiger partial charge in [-0.15, -0.1) is 0 Å². The summed E-state index contributed by atoms with van der Waals surface area (Å²) >= 11 is 6.10. The first-order valence-corrected chi connectivity index (χ1v) is 9.63. The Morgan fingerprint density at radius 1 is 1.00 bits per heavy atom. The molecule has 1 N–H and O–H groups in total. The maximum atomic E-state index is 13.2. The zero-order valence-corrected chi connectivity index (χ0v) is 15.9. The summed E-state index contributed by atoms with van der Waals surface area (Å²) in [5.74, 6) is -0.752. The van der Waals surface area contributed by atoms with Crippen LogP contribution in [0.1, 0.15) is 16.8 Å². The van der Waals surface area contributed by atoms with Gasteiger partial charge in [-0.25, -0.2) is 4.39 Å². The molecule has 2 aromatic carbocycles. The van der Waals surface area contributed by atoms with Gasteiger partial charge in [-0.1, -0.05) is 23.7 Å². The average molecular weight is 403 g/mol. The fourth-order valence-corrected chi connectivity index (χ4v) is 3.79. The van der Waals surface area contributed by atoms with E-state index in [2.05, 4.69) is 0 Å². The fourth-order valence-electron chi connectivity index (χ4n) is 3.51. The van der Waals surface area contributed by atoms with Crippen molar-refractivity contribution in [2.24, 2.45) is 5.92 Å². The third-order valence-electron chi connectivity index (χ3n) is 5.33. The second-order valence-electron chi connectivity index (χ2n) is 7.23. The largest absolute Gasteiger partial charge is 0.392 e. The van der Waals surface area contributed by atoms with E-state index in [1.165, 1.54) is 12.1 Å².